The van der Waals surface area contributed by atoms with Crippen LogP contribution < -0.4 is 5.56 Å². The summed E-state index contributed by atoms with van der Waals surface area (Å²) >= 11 is 0. The minimum Gasteiger partial charge on any atom is -0.267 e. The molecule has 1 aliphatic carbocycles. The van der Waals surface area contributed by atoms with E-state index in [1.165, 1.54) is 4.68 Å². The summed E-state index contributed by atoms with van der Waals surface area (Å²) in [6.07, 6.45) is 3.52. The maximum Gasteiger partial charge on any atom is 0.277 e. The van der Waals surface area contributed by atoms with Gasteiger partial charge in [-0.2, -0.15) is 0 Å². The van der Waals surface area contributed by atoms with E-state index in [-0.39, 0.29) is 11.5 Å². The van der Waals surface area contributed by atoms with Crippen molar-refractivity contribution in [2.24, 2.45) is 0 Å². The van der Waals surface area contributed by atoms with Crippen molar-refractivity contribution < 1.29 is 4.79 Å². The number of fused-ring (bicyclic) bond motifs is 1. The van der Waals surface area contributed by atoms with Gasteiger partial charge in [-0.1, -0.05) is 36.4 Å². The first-order valence-electron chi connectivity index (χ1n) is 8.28. The van der Waals surface area contributed by atoms with E-state index in [2.05, 4.69) is 0 Å². The van der Waals surface area contributed by atoms with Crippen LogP contribution in [0.3, 0.4) is 0 Å². The predicted octanol–water partition coefficient (Wildman–Crippen LogP) is 3.21. The Labute approximate surface area is 140 Å². The molecule has 0 aliphatic heterocycles. The largest absolute Gasteiger partial charge is 0.277 e. The highest BCUT2D eigenvalue weighted by Gasteiger charge is 2.27. The van der Waals surface area contributed by atoms with E-state index in [4.69, 9.17) is 0 Å². The molecule has 0 bridgehead atoms. The number of para-hydroxylation sites is 1. The summed E-state index contributed by atoms with van der Waals surface area (Å²) in [6.45, 7) is 0. The SMILES string of the molecule is O=C(c1ccccc1)n1c2c(c(=O)n1-c1ccccc1)CCCC2. The van der Waals surface area contributed by atoms with Gasteiger partial charge in [0, 0.05) is 11.1 Å². The monoisotopic (exact) mass is 318 g/mol. The van der Waals surface area contributed by atoms with Crippen molar-refractivity contribution in [2.45, 2.75) is 25.7 Å². The second-order valence-corrected chi connectivity index (χ2v) is 6.07. The minimum atomic E-state index is -0.153. The van der Waals surface area contributed by atoms with E-state index in [9.17, 15) is 9.59 Å². The molecule has 0 spiro atoms. The predicted molar refractivity (Wildman–Crippen MR) is 92.8 cm³/mol. The van der Waals surface area contributed by atoms with Gasteiger partial charge in [-0.05, 0) is 49.9 Å². The molecule has 0 unspecified atom stereocenters. The maximum absolute atomic E-state index is 13.1. The standard InChI is InChI=1S/C20H18N2O2/c23-19(15-9-3-1-4-10-15)22-18-14-8-7-13-17(18)20(24)21(22)16-11-5-2-6-12-16/h1-6,9-12H,7-8,13-14H2. The Morgan fingerprint density at radius 3 is 2.17 bits per heavy atom. The number of carbonyl (C=O) groups is 1. The van der Waals surface area contributed by atoms with Crippen LogP contribution in [0.4, 0.5) is 0 Å². The van der Waals surface area contributed by atoms with Crippen LogP contribution in [-0.4, -0.2) is 15.3 Å². The van der Waals surface area contributed by atoms with E-state index in [1.54, 1.807) is 16.8 Å². The van der Waals surface area contributed by atoms with Gasteiger partial charge in [0.05, 0.1) is 11.4 Å². The highest BCUT2D eigenvalue weighted by Crippen LogP contribution is 2.22. The molecule has 0 fully saturated rings. The number of aromatic nitrogens is 2. The fraction of sp³-hybridized carbons (Fsp3) is 0.200. The third kappa shape index (κ3) is 2.31. The minimum absolute atomic E-state index is 0.0693. The molecule has 4 heteroatoms. The molecular formula is C20H18N2O2. The van der Waals surface area contributed by atoms with E-state index < -0.39 is 0 Å². The summed E-state index contributed by atoms with van der Waals surface area (Å²) in [5.74, 6) is -0.153. The van der Waals surface area contributed by atoms with E-state index >= 15 is 0 Å². The average Bonchev–Trinajstić information content (AvgIpc) is 2.95. The number of benzene rings is 2. The summed E-state index contributed by atoms with van der Waals surface area (Å²) in [5, 5.41) is 0. The smallest absolute Gasteiger partial charge is 0.267 e. The van der Waals surface area contributed by atoms with Gasteiger partial charge in [0.15, 0.2) is 0 Å². The van der Waals surface area contributed by atoms with E-state index in [0.29, 0.717) is 5.56 Å². The Bertz CT molecular complexity index is 937. The van der Waals surface area contributed by atoms with Gasteiger partial charge in [0.1, 0.15) is 0 Å². The quantitative estimate of drug-likeness (QED) is 0.728. The fourth-order valence-corrected chi connectivity index (χ4v) is 3.41. The number of hydrogen-bond donors (Lipinski definition) is 0. The number of carbonyl (C=O) groups excluding carboxylic acids is 1. The zero-order chi connectivity index (χ0) is 16.5. The van der Waals surface area contributed by atoms with Crippen LogP contribution in [-0.2, 0) is 12.8 Å². The topological polar surface area (TPSA) is 44.0 Å². The van der Waals surface area contributed by atoms with E-state index in [0.717, 1.165) is 42.6 Å². The first-order valence-corrected chi connectivity index (χ1v) is 8.28. The molecule has 24 heavy (non-hydrogen) atoms. The van der Waals surface area contributed by atoms with Gasteiger partial charge in [0.25, 0.3) is 11.5 Å². The Balaban J connectivity index is 1.98. The van der Waals surface area contributed by atoms with Crippen LogP contribution in [0.1, 0.15) is 34.5 Å². The molecular weight excluding hydrogens is 300 g/mol. The van der Waals surface area contributed by atoms with E-state index in [1.807, 2.05) is 48.5 Å². The zero-order valence-electron chi connectivity index (χ0n) is 13.3. The van der Waals surface area contributed by atoms with Gasteiger partial charge in [-0.25, -0.2) is 9.36 Å². The highest BCUT2D eigenvalue weighted by molar-refractivity contribution is 5.96. The van der Waals surface area contributed by atoms with Crippen molar-refractivity contribution in [2.75, 3.05) is 0 Å². The number of nitrogens with zero attached hydrogens (tertiary/aromatic N) is 2. The van der Waals surface area contributed by atoms with Gasteiger partial charge in [-0.15, -0.1) is 0 Å². The van der Waals surface area contributed by atoms with Crippen LogP contribution in [0.2, 0.25) is 0 Å². The first kappa shape index (κ1) is 14.7. The zero-order valence-corrected chi connectivity index (χ0v) is 13.3. The molecule has 0 radical (unpaired) electrons. The van der Waals surface area contributed by atoms with Crippen LogP contribution >= 0.6 is 0 Å². The Morgan fingerprint density at radius 1 is 0.833 bits per heavy atom. The first-order chi connectivity index (χ1) is 11.8. The molecule has 120 valence electrons. The Hall–Kier alpha value is -2.88. The summed E-state index contributed by atoms with van der Waals surface area (Å²) in [5.41, 5.74) is 2.89. The van der Waals surface area contributed by atoms with Crippen molar-refractivity contribution in [3.05, 3.63) is 87.8 Å². The van der Waals surface area contributed by atoms with Crippen molar-refractivity contribution in [1.29, 1.82) is 0 Å². The molecule has 0 saturated heterocycles. The molecule has 0 amide bonds. The fourth-order valence-electron chi connectivity index (χ4n) is 3.41. The Morgan fingerprint density at radius 2 is 1.46 bits per heavy atom. The second kappa shape index (κ2) is 5.96. The number of hydrogen-bond acceptors (Lipinski definition) is 2. The van der Waals surface area contributed by atoms with Crippen molar-refractivity contribution in [3.8, 4) is 5.69 Å². The molecule has 4 rings (SSSR count). The Kier molecular flexibility index (Phi) is 3.65. The second-order valence-electron chi connectivity index (χ2n) is 6.07. The van der Waals surface area contributed by atoms with Crippen molar-refractivity contribution in [3.63, 3.8) is 0 Å². The van der Waals surface area contributed by atoms with Gasteiger partial charge in [-0.3, -0.25) is 9.59 Å². The van der Waals surface area contributed by atoms with Crippen LogP contribution in [0.15, 0.2) is 65.5 Å². The number of rotatable bonds is 2. The maximum atomic E-state index is 13.1. The van der Waals surface area contributed by atoms with Crippen molar-refractivity contribution >= 4 is 5.91 Å². The summed E-state index contributed by atoms with van der Waals surface area (Å²) in [4.78, 5) is 26.1. The molecule has 1 heterocycles. The molecule has 0 N–H and O–H groups in total. The van der Waals surface area contributed by atoms with Crippen LogP contribution in [0, 0.1) is 0 Å². The van der Waals surface area contributed by atoms with Crippen LogP contribution in [0.25, 0.3) is 5.69 Å². The molecule has 1 aliphatic rings. The normalized spacial score (nSPS) is 13.5. The van der Waals surface area contributed by atoms with Gasteiger partial charge in [0.2, 0.25) is 0 Å². The lowest BCUT2D eigenvalue weighted by molar-refractivity contribution is 0.0931. The molecule has 2 aromatic carbocycles. The summed E-state index contributed by atoms with van der Waals surface area (Å²) in [6, 6.07) is 18.5. The molecule has 0 saturated carbocycles. The van der Waals surface area contributed by atoms with Gasteiger partial charge >= 0.3 is 0 Å². The highest BCUT2D eigenvalue weighted by atomic mass is 16.2. The summed E-state index contributed by atoms with van der Waals surface area (Å²) in [7, 11) is 0. The van der Waals surface area contributed by atoms with Gasteiger partial charge < -0.3 is 0 Å². The summed E-state index contributed by atoms with van der Waals surface area (Å²) < 4.78 is 3.12. The lowest BCUT2D eigenvalue weighted by Gasteiger charge is -2.15. The molecule has 4 nitrogen and oxygen atoms in total. The third-order valence-electron chi connectivity index (χ3n) is 4.56. The van der Waals surface area contributed by atoms with Crippen LogP contribution in [0.5, 0.6) is 0 Å². The molecule has 3 aromatic rings. The lowest BCUT2D eigenvalue weighted by Crippen LogP contribution is -2.27. The van der Waals surface area contributed by atoms with Crippen molar-refractivity contribution in [1.82, 2.24) is 9.36 Å². The molecule has 0 atom stereocenters. The average molecular weight is 318 g/mol. The third-order valence-corrected chi connectivity index (χ3v) is 4.56. The lowest BCUT2D eigenvalue weighted by atomic mass is 9.98. The molecule has 1 aromatic heterocycles.